The van der Waals surface area contributed by atoms with Crippen molar-refractivity contribution in [1.82, 2.24) is 0 Å². The molecule has 3 aromatic carbocycles. The van der Waals surface area contributed by atoms with Gasteiger partial charge in [-0.3, -0.25) is 0 Å². The van der Waals surface area contributed by atoms with Crippen LogP contribution in [-0.4, -0.2) is 0 Å². The molecule has 0 saturated heterocycles. The summed E-state index contributed by atoms with van der Waals surface area (Å²) in [6, 6.07) is 10.0. The second-order valence-electron chi connectivity index (χ2n) is 5.56. The molecule has 0 N–H and O–H groups in total. The van der Waals surface area contributed by atoms with Crippen molar-refractivity contribution in [3.05, 3.63) is 84.0 Å². The molecule has 0 spiro atoms. The summed E-state index contributed by atoms with van der Waals surface area (Å²) in [5.41, 5.74) is 1.04. The Hall–Kier alpha value is -2.62. The Morgan fingerprint density at radius 1 is 0.833 bits per heavy atom. The number of rotatable bonds is 4. The summed E-state index contributed by atoms with van der Waals surface area (Å²) < 4.78 is 54.6. The Kier molecular flexibility index (Phi) is 4.38. The van der Waals surface area contributed by atoms with Crippen molar-refractivity contribution in [3.63, 3.8) is 0 Å². The first-order chi connectivity index (χ1) is 11.5. The van der Waals surface area contributed by atoms with E-state index >= 15 is 0 Å². The van der Waals surface area contributed by atoms with Crippen LogP contribution in [0.15, 0.2) is 55.1 Å². The Bertz CT molecular complexity index is 905. The van der Waals surface area contributed by atoms with Crippen molar-refractivity contribution in [1.29, 1.82) is 0 Å². The Balaban J connectivity index is 2.10. The molecule has 0 nitrogen and oxygen atoms in total. The van der Waals surface area contributed by atoms with Gasteiger partial charge < -0.3 is 0 Å². The highest BCUT2D eigenvalue weighted by atomic mass is 19.2. The molecule has 0 aliphatic heterocycles. The maximum absolute atomic E-state index is 14.7. The molecule has 0 bridgehead atoms. The van der Waals surface area contributed by atoms with Gasteiger partial charge >= 0.3 is 0 Å². The summed E-state index contributed by atoms with van der Waals surface area (Å²) >= 11 is 0. The first-order valence-electron chi connectivity index (χ1n) is 7.48. The number of aryl methyl sites for hydroxylation is 1. The first kappa shape index (κ1) is 16.2. The third kappa shape index (κ3) is 2.92. The Morgan fingerprint density at radius 3 is 2.21 bits per heavy atom. The molecule has 0 aliphatic carbocycles. The minimum absolute atomic E-state index is 0.0270. The zero-order valence-corrected chi connectivity index (χ0v) is 12.8. The van der Waals surface area contributed by atoms with Crippen molar-refractivity contribution in [2.75, 3.05) is 0 Å². The van der Waals surface area contributed by atoms with Crippen LogP contribution in [-0.2, 0) is 6.42 Å². The van der Waals surface area contributed by atoms with Gasteiger partial charge in [0.25, 0.3) is 0 Å². The van der Waals surface area contributed by atoms with Gasteiger partial charge in [-0.1, -0.05) is 36.4 Å². The average molecular weight is 330 g/mol. The second-order valence-corrected chi connectivity index (χ2v) is 5.56. The molecule has 3 rings (SSSR count). The van der Waals surface area contributed by atoms with E-state index in [1.807, 2.05) is 18.2 Å². The number of allylic oxidation sites excluding steroid dienone is 1. The molecule has 0 aliphatic rings. The lowest BCUT2D eigenvalue weighted by molar-refractivity contribution is 0.447. The summed E-state index contributed by atoms with van der Waals surface area (Å²) in [4.78, 5) is 0. The van der Waals surface area contributed by atoms with Gasteiger partial charge in [0, 0.05) is 10.9 Å². The minimum Gasteiger partial charge on any atom is -0.206 e. The fourth-order valence-corrected chi connectivity index (χ4v) is 2.70. The van der Waals surface area contributed by atoms with Crippen LogP contribution in [0.25, 0.3) is 21.9 Å². The third-order valence-electron chi connectivity index (χ3n) is 3.95. The molecule has 0 unspecified atom stereocenters. The van der Waals surface area contributed by atoms with Gasteiger partial charge in [-0.25, -0.2) is 17.6 Å². The van der Waals surface area contributed by atoms with Crippen molar-refractivity contribution in [3.8, 4) is 11.1 Å². The van der Waals surface area contributed by atoms with Crippen LogP contribution < -0.4 is 0 Å². The zero-order chi connectivity index (χ0) is 17.3. The first-order valence-corrected chi connectivity index (χ1v) is 7.48. The average Bonchev–Trinajstić information content (AvgIpc) is 2.57. The second kappa shape index (κ2) is 6.48. The summed E-state index contributed by atoms with van der Waals surface area (Å²) in [6.45, 7) is 3.67. The number of hydrogen-bond donors (Lipinski definition) is 0. The molecule has 0 aromatic heterocycles. The molecule has 3 aromatic rings. The normalized spacial score (nSPS) is 11.0. The van der Waals surface area contributed by atoms with E-state index in [2.05, 4.69) is 6.58 Å². The summed E-state index contributed by atoms with van der Waals surface area (Å²) in [5, 5.41) is 1.04. The van der Waals surface area contributed by atoms with Crippen LogP contribution in [0.3, 0.4) is 0 Å². The predicted octanol–water partition coefficient (Wildman–Crippen LogP) is 6.18. The smallest absolute Gasteiger partial charge is 0.194 e. The van der Waals surface area contributed by atoms with Crippen molar-refractivity contribution in [2.45, 2.75) is 12.8 Å². The molecule has 0 radical (unpaired) electrons. The molecule has 24 heavy (non-hydrogen) atoms. The molecule has 0 atom stereocenters. The highest BCUT2D eigenvalue weighted by Gasteiger charge is 2.15. The fraction of sp³-hybridized carbons (Fsp3) is 0.100. The van der Waals surface area contributed by atoms with Gasteiger partial charge in [-0.05, 0) is 41.5 Å². The standard InChI is InChI=1S/C20H14F4/c1-2-3-4-12-5-7-15-13(9-12)6-8-16(19(15)23)14-10-17(21)20(24)18(22)11-14/h2,5-11H,1,3-4H2. The fourth-order valence-electron chi connectivity index (χ4n) is 2.70. The van der Waals surface area contributed by atoms with Crippen LogP contribution in [0.1, 0.15) is 12.0 Å². The Morgan fingerprint density at radius 2 is 1.54 bits per heavy atom. The van der Waals surface area contributed by atoms with Crippen LogP contribution in [0, 0.1) is 23.3 Å². The quantitative estimate of drug-likeness (QED) is 0.304. The number of halogens is 4. The minimum atomic E-state index is -1.56. The molecule has 4 heteroatoms. The summed E-state index contributed by atoms with van der Waals surface area (Å²) in [7, 11) is 0. The van der Waals surface area contributed by atoms with E-state index in [9.17, 15) is 17.6 Å². The topological polar surface area (TPSA) is 0 Å². The lowest BCUT2D eigenvalue weighted by Crippen LogP contribution is -1.94. The maximum atomic E-state index is 14.7. The van der Waals surface area contributed by atoms with E-state index < -0.39 is 23.3 Å². The van der Waals surface area contributed by atoms with E-state index in [0.29, 0.717) is 10.8 Å². The van der Waals surface area contributed by atoms with Crippen LogP contribution in [0.4, 0.5) is 17.6 Å². The zero-order valence-electron chi connectivity index (χ0n) is 12.8. The van der Waals surface area contributed by atoms with E-state index in [-0.39, 0.29) is 11.1 Å². The molecule has 122 valence electrons. The van der Waals surface area contributed by atoms with Crippen molar-refractivity contribution >= 4 is 10.8 Å². The van der Waals surface area contributed by atoms with Crippen molar-refractivity contribution < 1.29 is 17.6 Å². The van der Waals surface area contributed by atoms with Gasteiger partial charge in [0.2, 0.25) is 0 Å². The van der Waals surface area contributed by atoms with Gasteiger partial charge in [-0.15, -0.1) is 6.58 Å². The highest BCUT2D eigenvalue weighted by molar-refractivity contribution is 5.88. The lowest BCUT2D eigenvalue weighted by Gasteiger charge is -2.09. The molecular formula is C20H14F4. The number of fused-ring (bicyclic) bond motifs is 1. The lowest BCUT2D eigenvalue weighted by atomic mass is 9.98. The number of hydrogen-bond acceptors (Lipinski definition) is 0. The van der Waals surface area contributed by atoms with Crippen LogP contribution >= 0.6 is 0 Å². The SMILES string of the molecule is C=CCCc1ccc2c(F)c(-c3cc(F)c(F)c(F)c3)ccc2c1. The number of benzene rings is 3. The molecule has 0 heterocycles. The van der Waals surface area contributed by atoms with Gasteiger partial charge in [0.15, 0.2) is 17.5 Å². The summed E-state index contributed by atoms with van der Waals surface area (Å²) in [5.74, 6) is -4.84. The van der Waals surface area contributed by atoms with Crippen LogP contribution in [0.5, 0.6) is 0 Å². The van der Waals surface area contributed by atoms with Gasteiger partial charge in [0.05, 0.1) is 0 Å². The predicted molar refractivity (Wildman–Crippen MR) is 87.7 cm³/mol. The molecule has 0 amide bonds. The third-order valence-corrected chi connectivity index (χ3v) is 3.95. The molecule has 0 fully saturated rings. The van der Waals surface area contributed by atoms with Gasteiger partial charge in [-0.2, -0.15) is 0 Å². The van der Waals surface area contributed by atoms with E-state index in [0.717, 1.165) is 30.5 Å². The Labute approximate surface area is 137 Å². The van der Waals surface area contributed by atoms with E-state index in [1.165, 1.54) is 6.07 Å². The van der Waals surface area contributed by atoms with E-state index in [4.69, 9.17) is 0 Å². The summed E-state index contributed by atoms with van der Waals surface area (Å²) in [6.07, 6.45) is 3.43. The monoisotopic (exact) mass is 330 g/mol. The molecular weight excluding hydrogens is 316 g/mol. The molecule has 0 saturated carbocycles. The van der Waals surface area contributed by atoms with Crippen molar-refractivity contribution in [2.24, 2.45) is 0 Å². The van der Waals surface area contributed by atoms with Gasteiger partial charge in [0.1, 0.15) is 5.82 Å². The maximum Gasteiger partial charge on any atom is 0.194 e. The van der Waals surface area contributed by atoms with E-state index in [1.54, 1.807) is 12.1 Å². The highest BCUT2D eigenvalue weighted by Crippen LogP contribution is 2.31. The van der Waals surface area contributed by atoms with Crippen LogP contribution in [0.2, 0.25) is 0 Å². The largest absolute Gasteiger partial charge is 0.206 e.